The molecular formula is C16H12Cl2FN3O2S. The van der Waals surface area contributed by atoms with Gasteiger partial charge in [-0.25, -0.2) is 0 Å². The number of nitrogens with two attached hydrogens (primary N) is 1. The third-order valence-electron chi connectivity index (χ3n) is 3.10. The Morgan fingerprint density at radius 2 is 2.20 bits per heavy atom. The number of hydrogen-bond acceptors (Lipinski definition) is 6. The first kappa shape index (κ1) is 19.3. The van der Waals surface area contributed by atoms with Crippen molar-refractivity contribution in [1.29, 1.82) is 5.26 Å². The van der Waals surface area contributed by atoms with Crippen molar-refractivity contribution in [3.8, 4) is 11.9 Å². The van der Waals surface area contributed by atoms with Crippen molar-refractivity contribution in [1.82, 2.24) is 4.98 Å². The largest absolute Gasteiger partial charge is 0.464 e. The molecule has 2 aromatic rings. The highest BCUT2D eigenvalue weighted by atomic mass is 35.5. The van der Waals surface area contributed by atoms with Crippen LogP contribution in [0.4, 0.5) is 10.1 Å². The Labute approximate surface area is 157 Å². The quantitative estimate of drug-likeness (QED) is 0.757. The summed E-state index contributed by atoms with van der Waals surface area (Å²) in [5.74, 6) is -0.964. The number of thioether (sulfide) groups is 1. The molecule has 0 aliphatic heterocycles. The zero-order valence-electron chi connectivity index (χ0n) is 12.9. The highest BCUT2D eigenvalue weighted by molar-refractivity contribution is 8.13. The summed E-state index contributed by atoms with van der Waals surface area (Å²) in [5, 5.41) is 8.00. The van der Waals surface area contributed by atoms with Crippen LogP contribution < -0.4 is 10.5 Å². The molecule has 1 aromatic carbocycles. The van der Waals surface area contributed by atoms with Gasteiger partial charge in [0.2, 0.25) is 16.9 Å². The van der Waals surface area contributed by atoms with Crippen LogP contribution in [0.25, 0.3) is 0 Å². The van der Waals surface area contributed by atoms with Gasteiger partial charge in [0.25, 0.3) is 0 Å². The Balaban J connectivity index is 2.02. The van der Waals surface area contributed by atoms with E-state index >= 15 is 0 Å². The lowest BCUT2D eigenvalue weighted by Crippen LogP contribution is -2.22. The average molecular weight is 400 g/mol. The second-order valence-corrected chi connectivity index (χ2v) is 6.67. The minimum absolute atomic E-state index is 0.155. The fourth-order valence-electron chi connectivity index (χ4n) is 1.81. The van der Waals surface area contributed by atoms with E-state index < -0.39 is 17.1 Å². The summed E-state index contributed by atoms with van der Waals surface area (Å²) in [5.41, 5.74) is 6.69. The number of nitrogens with zero attached hydrogens (tertiary/aromatic N) is 2. The van der Waals surface area contributed by atoms with E-state index in [4.69, 9.17) is 38.9 Å². The number of carbonyl (C=O) groups is 1. The van der Waals surface area contributed by atoms with Crippen molar-refractivity contribution >= 4 is 45.8 Å². The third kappa shape index (κ3) is 4.75. The zero-order chi connectivity index (χ0) is 18.6. The lowest BCUT2D eigenvalue weighted by Gasteiger charge is -2.15. The molecule has 0 saturated heterocycles. The second-order valence-electron chi connectivity index (χ2n) is 4.93. The summed E-state index contributed by atoms with van der Waals surface area (Å²) in [6.45, 7) is 1.49. The van der Waals surface area contributed by atoms with Gasteiger partial charge in [0.05, 0.1) is 17.3 Å². The van der Waals surface area contributed by atoms with Crippen LogP contribution >= 0.6 is 35.0 Å². The van der Waals surface area contributed by atoms with Gasteiger partial charge in [-0.1, -0.05) is 47.1 Å². The van der Waals surface area contributed by atoms with Gasteiger partial charge in [0.1, 0.15) is 10.0 Å². The number of carbonyl (C=O) groups excluding carboxylic acids is 1. The maximum atomic E-state index is 13.5. The first-order valence-electron chi connectivity index (χ1n) is 6.95. The van der Waals surface area contributed by atoms with Gasteiger partial charge in [-0.15, -0.1) is 0 Å². The van der Waals surface area contributed by atoms with Crippen LogP contribution in [0.3, 0.4) is 0 Å². The number of nitriles is 1. The van der Waals surface area contributed by atoms with Crippen LogP contribution in [-0.2, 0) is 10.5 Å². The summed E-state index contributed by atoms with van der Waals surface area (Å²) in [4.78, 5) is 15.6. The van der Waals surface area contributed by atoms with E-state index in [-0.39, 0.29) is 21.7 Å². The lowest BCUT2D eigenvalue weighted by atomic mass is 10.2. The van der Waals surface area contributed by atoms with Crippen LogP contribution in [0.2, 0.25) is 10.0 Å². The maximum Gasteiger partial charge on any atom is 0.238 e. The lowest BCUT2D eigenvalue weighted by molar-refractivity contribution is -0.116. The molecule has 0 bridgehead atoms. The topological polar surface area (TPSA) is 89.0 Å². The molecule has 0 fully saturated rings. The minimum atomic E-state index is -1.03. The number of benzene rings is 1. The van der Waals surface area contributed by atoms with Crippen molar-refractivity contribution in [2.24, 2.45) is 0 Å². The molecule has 1 aromatic heterocycles. The molecule has 1 heterocycles. The highest BCUT2D eigenvalue weighted by Crippen LogP contribution is 2.36. The van der Waals surface area contributed by atoms with Crippen LogP contribution in [0.15, 0.2) is 24.3 Å². The number of halogens is 3. The average Bonchev–Trinajstić information content (AvgIpc) is 2.62. The zero-order valence-corrected chi connectivity index (χ0v) is 15.3. The van der Waals surface area contributed by atoms with Gasteiger partial charge < -0.3 is 10.5 Å². The summed E-state index contributed by atoms with van der Waals surface area (Å²) < 4.78 is 18.8. The molecule has 2 N–H and O–H groups in total. The van der Waals surface area contributed by atoms with E-state index in [0.717, 1.165) is 17.3 Å². The van der Waals surface area contributed by atoms with Crippen LogP contribution in [0, 0.1) is 17.3 Å². The van der Waals surface area contributed by atoms with E-state index in [1.54, 1.807) is 24.3 Å². The van der Waals surface area contributed by atoms with Gasteiger partial charge in [-0.2, -0.15) is 14.6 Å². The predicted octanol–water partition coefficient (Wildman–Crippen LogP) is 4.21. The number of aromatic nitrogens is 1. The van der Waals surface area contributed by atoms with Crippen molar-refractivity contribution in [3.05, 3.63) is 51.4 Å². The molecule has 5 nitrogen and oxygen atoms in total. The van der Waals surface area contributed by atoms with Gasteiger partial charge in [-0.3, -0.25) is 4.79 Å². The van der Waals surface area contributed by atoms with Gasteiger partial charge in [0, 0.05) is 5.75 Å². The van der Waals surface area contributed by atoms with E-state index in [1.165, 1.54) is 6.92 Å². The van der Waals surface area contributed by atoms with Crippen LogP contribution in [0.5, 0.6) is 5.88 Å². The summed E-state index contributed by atoms with van der Waals surface area (Å²) in [6, 6.07) is 8.95. The van der Waals surface area contributed by atoms with Crippen LogP contribution in [0.1, 0.15) is 18.1 Å². The van der Waals surface area contributed by atoms with Crippen LogP contribution in [-0.4, -0.2) is 16.2 Å². The fraction of sp³-hybridized carbons (Fsp3) is 0.188. The molecule has 0 unspecified atom stereocenters. The molecule has 0 aliphatic carbocycles. The summed E-state index contributed by atoms with van der Waals surface area (Å²) >= 11 is 12.5. The highest BCUT2D eigenvalue weighted by Gasteiger charge is 2.21. The molecule has 0 spiro atoms. The number of ether oxygens (including phenoxy) is 1. The van der Waals surface area contributed by atoms with E-state index in [0.29, 0.717) is 11.3 Å². The number of nitrogen functional groups attached to an aromatic ring is 1. The van der Waals surface area contributed by atoms with Crippen molar-refractivity contribution in [2.75, 3.05) is 5.73 Å². The first-order chi connectivity index (χ1) is 11.8. The molecule has 2 rings (SSSR count). The van der Waals surface area contributed by atoms with E-state index in [2.05, 4.69) is 4.98 Å². The third-order valence-corrected chi connectivity index (χ3v) is 4.92. The molecule has 9 heteroatoms. The van der Waals surface area contributed by atoms with Gasteiger partial charge in [-0.05, 0) is 24.6 Å². The molecule has 0 amide bonds. The molecule has 25 heavy (non-hydrogen) atoms. The smallest absolute Gasteiger partial charge is 0.238 e. The van der Waals surface area contributed by atoms with Crippen molar-refractivity contribution in [3.63, 3.8) is 0 Å². The fourth-order valence-corrected chi connectivity index (χ4v) is 2.94. The standard InChI is InChI=1S/C16H12Cl2FN3O2S/c1-8(24-15-12(18)13(21)11(17)14(19)22-15)16(23)25-7-10-4-2-3-9(5-10)6-20/h2-5,8H,7H2,1H3,(H2,21,22)/t8-/m1/s1. The Morgan fingerprint density at radius 3 is 2.88 bits per heavy atom. The SMILES string of the molecule is C[C@@H](Oc1nc(F)c(Cl)c(N)c1Cl)C(=O)SCc1cccc(C#N)c1. The molecule has 130 valence electrons. The Bertz CT molecular complexity index is 858. The van der Waals surface area contributed by atoms with Crippen molar-refractivity contribution < 1.29 is 13.9 Å². The van der Waals surface area contributed by atoms with E-state index in [1.807, 2.05) is 6.07 Å². The summed E-state index contributed by atoms with van der Waals surface area (Å²) in [7, 11) is 0. The number of rotatable bonds is 5. The number of anilines is 1. The Kier molecular flexibility index (Phi) is 6.48. The molecule has 1 atom stereocenters. The summed E-state index contributed by atoms with van der Waals surface area (Å²) in [6.07, 6.45) is -0.936. The monoisotopic (exact) mass is 399 g/mol. The number of hydrogen-bond donors (Lipinski definition) is 1. The molecule has 0 radical (unpaired) electrons. The minimum Gasteiger partial charge on any atom is -0.464 e. The Hall–Kier alpha value is -2.01. The van der Waals surface area contributed by atoms with E-state index in [9.17, 15) is 9.18 Å². The van der Waals surface area contributed by atoms with Gasteiger partial charge in [0.15, 0.2) is 6.10 Å². The maximum absolute atomic E-state index is 13.5. The van der Waals surface area contributed by atoms with Crippen molar-refractivity contribution in [2.45, 2.75) is 18.8 Å². The Morgan fingerprint density at radius 1 is 1.48 bits per heavy atom. The molecular weight excluding hydrogens is 388 g/mol. The number of pyridine rings is 1. The second kappa shape index (κ2) is 8.39. The first-order valence-corrected chi connectivity index (χ1v) is 8.70. The predicted molar refractivity (Wildman–Crippen MR) is 96.2 cm³/mol. The normalized spacial score (nSPS) is 11.6. The van der Waals surface area contributed by atoms with Gasteiger partial charge >= 0.3 is 0 Å². The molecule has 0 aliphatic rings. The molecule has 0 saturated carbocycles.